The molecule has 2 rings (SSSR count). The number of unbranched alkanes of at least 4 members (excludes halogenated alkanes) is 3. The van der Waals surface area contributed by atoms with Gasteiger partial charge in [0.05, 0.1) is 6.54 Å². The molecule has 12 nitrogen and oxygen atoms in total. The zero-order valence-corrected chi connectivity index (χ0v) is 25.4. The molecule has 12 heteroatoms. The van der Waals surface area contributed by atoms with E-state index >= 15 is 0 Å². The van der Waals surface area contributed by atoms with Gasteiger partial charge in [-0.25, -0.2) is 14.4 Å². The highest BCUT2D eigenvalue weighted by atomic mass is 16.6. The predicted molar refractivity (Wildman–Crippen MR) is 166 cm³/mol. The van der Waals surface area contributed by atoms with Gasteiger partial charge < -0.3 is 39.1 Å². The van der Waals surface area contributed by atoms with Gasteiger partial charge in [0.25, 0.3) is 0 Å². The zero-order chi connectivity index (χ0) is 32.5. The molecule has 0 saturated heterocycles. The first-order chi connectivity index (χ1) is 21.9. The first kappa shape index (κ1) is 36.4. The van der Waals surface area contributed by atoms with Crippen molar-refractivity contribution in [1.29, 1.82) is 0 Å². The average Bonchev–Trinajstić information content (AvgIpc) is 3.06. The number of alkyl carbamates (subject to hydrolysis) is 1. The van der Waals surface area contributed by atoms with Gasteiger partial charge in [-0.1, -0.05) is 62.4 Å². The third-order valence-corrected chi connectivity index (χ3v) is 5.91. The largest absolute Gasteiger partial charge is 0.490 e. The Morgan fingerprint density at radius 3 is 1.64 bits per heavy atom. The Hall–Kier alpha value is -4.84. The molecule has 0 aliphatic rings. The SMILES string of the molecule is C=CC(=O)OCC(COc1ccccc1)OC(=O)CNCCCCCCNC(=O)OC(COC(=O)C=C)COc1ccccc1. The molecule has 0 aliphatic carbocycles. The number of ether oxygens (including phenoxy) is 6. The lowest BCUT2D eigenvalue weighted by Crippen LogP contribution is -2.35. The third kappa shape index (κ3) is 17.8. The van der Waals surface area contributed by atoms with Crippen molar-refractivity contribution in [2.24, 2.45) is 0 Å². The highest BCUT2D eigenvalue weighted by molar-refractivity contribution is 5.81. The van der Waals surface area contributed by atoms with E-state index < -0.39 is 36.2 Å². The van der Waals surface area contributed by atoms with Crippen LogP contribution in [0, 0.1) is 0 Å². The molecule has 2 N–H and O–H groups in total. The van der Waals surface area contributed by atoms with Crippen molar-refractivity contribution in [3.8, 4) is 11.5 Å². The van der Waals surface area contributed by atoms with E-state index in [1.54, 1.807) is 24.3 Å². The van der Waals surface area contributed by atoms with Gasteiger partial charge in [-0.2, -0.15) is 0 Å². The van der Waals surface area contributed by atoms with E-state index in [1.165, 1.54) is 0 Å². The number of nitrogens with one attached hydrogen (secondary N) is 2. The fourth-order valence-electron chi connectivity index (χ4n) is 3.64. The molecule has 0 fully saturated rings. The number of esters is 3. The van der Waals surface area contributed by atoms with E-state index in [-0.39, 0.29) is 33.0 Å². The van der Waals surface area contributed by atoms with Crippen molar-refractivity contribution < 1.29 is 47.6 Å². The van der Waals surface area contributed by atoms with Crippen molar-refractivity contribution in [1.82, 2.24) is 10.6 Å². The average molecular weight is 627 g/mol. The molecule has 1 amide bonds. The molecule has 2 aromatic rings. The van der Waals surface area contributed by atoms with Crippen LogP contribution in [-0.4, -0.2) is 82.3 Å². The maximum absolute atomic E-state index is 12.3. The van der Waals surface area contributed by atoms with Crippen molar-refractivity contribution in [2.45, 2.75) is 37.9 Å². The summed E-state index contributed by atoms with van der Waals surface area (Å²) >= 11 is 0. The van der Waals surface area contributed by atoms with Crippen molar-refractivity contribution >= 4 is 24.0 Å². The molecule has 0 saturated carbocycles. The number of hydrogen-bond donors (Lipinski definition) is 2. The van der Waals surface area contributed by atoms with Crippen LogP contribution >= 0.6 is 0 Å². The van der Waals surface area contributed by atoms with Gasteiger partial charge >= 0.3 is 24.0 Å². The smallest absolute Gasteiger partial charge is 0.407 e. The van der Waals surface area contributed by atoms with Crippen LogP contribution in [0.15, 0.2) is 86.0 Å². The summed E-state index contributed by atoms with van der Waals surface area (Å²) in [4.78, 5) is 47.4. The predicted octanol–water partition coefficient (Wildman–Crippen LogP) is 3.76. The Morgan fingerprint density at radius 2 is 1.13 bits per heavy atom. The summed E-state index contributed by atoms with van der Waals surface area (Å²) in [6, 6.07) is 18.0. The topological polar surface area (TPSA) is 148 Å². The maximum Gasteiger partial charge on any atom is 0.407 e. The molecule has 0 bridgehead atoms. The Morgan fingerprint density at radius 1 is 0.644 bits per heavy atom. The van der Waals surface area contributed by atoms with Crippen LogP contribution in [0.5, 0.6) is 11.5 Å². The van der Waals surface area contributed by atoms with Crippen LogP contribution in [0.4, 0.5) is 4.79 Å². The number of hydrogen-bond acceptors (Lipinski definition) is 11. The zero-order valence-electron chi connectivity index (χ0n) is 25.4. The summed E-state index contributed by atoms with van der Waals surface area (Å²) in [6.07, 6.45) is 3.08. The Balaban J connectivity index is 1.58. The number of para-hydroxylation sites is 2. The number of amides is 1. The number of carbonyl (C=O) groups excluding carboxylic acids is 4. The normalized spacial score (nSPS) is 11.6. The lowest BCUT2D eigenvalue weighted by molar-refractivity contribution is -0.157. The van der Waals surface area contributed by atoms with Gasteiger partial charge in [0.15, 0.2) is 12.2 Å². The van der Waals surface area contributed by atoms with Crippen LogP contribution in [-0.2, 0) is 33.3 Å². The molecule has 0 radical (unpaired) electrons. The van der Waals surface area contributed by atoms with Crippen LogP contribution in [0.1, 0.15) is 25.7 Å². The summed E-state index contributed by atoms with van der Waals surface area (Å²) in [7, 11) is 0. The van der Waals surface area contributed by atoms with Crippen molar-refractivity contribution in [3.63, 3.8) is 0 Å². The Kier molecular flexibility index (Phi) is 18.3. The Labute approximate surface area is 263 Å². The molecular formula is C33H42N2O10. The van der Waals surface area contributed by atoms with Crippen LogP contribution in [0.25, 0.3) is 0 Å². The van der Waals surface area contributed by atoms with Crippen LogP contribution in [0.3, 0.4) is 0 Å². The minimum atomic E-state index is -0.805. The van der Waals surface area contributed by atoms with Crippen LogP contribution < -0.4 is 20.1 Å². The quantitative estimate of drug-likeness (QED) is 0.0804. The lowest BCUT2D eigenvalue weighted by atomic mass is 10.2. The van der Waals surface area contributed by atoms with Crippen LogP contribution in [0.2, 0.25) is 0 Å². The minimum absolute atomic E-state index is 0.00723. The molecule has 0 aromatic heterocycles. The van der Waals surface area contributed by atoms with E-state index in [9.17, 15) is 19.2 Å². The van der Waals surface area contributed by atoms with Crippen molar-refractivity contribution in [3.05, 3.63) is 86.0 Å². The monoisotopic (exact) mass is 626 g/mol. The van der Waals surface area contributed by atoms with E-state index in [2.05, 4.69) is 23.8 Å². The second-order valence-corrected chi connectivity index (χ2v) is 9.57. The fourth-order valence-corrected chi connectivity index (χ4v) is 3.64. The van der Waals surface area contributed by atoms with Gasteiger partial charge in [-0.15, -0.1) is 0 Å². The molecule has 2 aromatic carbocycles. The van der Waals surface area contributed by atoms with E-state index in [0.717, 1.165) is 37.8 Å². The molecular weight excluding hydrogens is 584 g/mol. The molecule has 2 unspecified atom stereocenters. The summed E-state index contributed by atoms with van der Waals surface area (Å²) in [5.74, 6) is -0.551. The minimum Gasteiger partial charge on any atom is -0.490 e. The van der Waals surface area contributed by atoms with E-state index in [1.807, 2.05) is 36.4 Å². The van der Waals surface area contributed by atoms with Gasteiger partial charge in [-0.05, 0) is 43.7 Å². The molecule has 244 valence electrons. The first-order valence-corrected chi connectivity index (χ1v) is 14.7. The summed E-state index contributed by atoms with van der Waals surface area (Å²) < 4.78 is 32.1. The van der Waals surface area contributed by atoms with Gasteiger partial charge in [-0.3, -0.25) is 4.79 Å². The second-order valence-electron chi connectivity index (χ2n) is 9.57. The van der Waals surface area contributed by atoms with E-state index in [4.69, 9.17) is 28.4 Å². The summed E-state index contributed by atoms with van der Waals surface area (Å²) in [5.41, 5.74) is 0. The number of rotatable bonds is 23. The summed E-state index contributed by atoms with van der Waals surface area (Å²) in [5, 5.41) is 5.72. The highest BCUT2D eigenvalue weighted by Crippen LogP contribution is 2.11. The first-order valence-electron chi connectivity index (χ1n) is 14.7. The molecule has 0 aliphatic heterocycles. The molecule has 0 spiro atoms. The maximum atomic E-state index is 12.3. The lowest BCUT2D eigenvalue weighted by Gasteiger charge is -2.18. The molecule has 2 atom stereocenters. The second kappa shape index (κ2) is 22.7. The van der Waals surface area contributed by atoms with Gasteiger partial charge in [0, 0.05) is 18.7 Å². The van der Waals surface area contributed by atoms with Crippen molar-refractivity contribution in [2.75, 3.05) is 46.1 Å². The molecule has 0 heterocycles. The number of carbonyl (C=O) groups is 4. The van der Waals surface area contributed by atoms with E-state index in [0.29, 0.717) is 24.6 Å². The fraction of sp³-hybridized carbons (Fsp3) is 0.394. The van der Waals surface area contributed by atoms with Gasteiger partial charge in [0.1, 0.15) is 37.9 Å². The molecule has 45 heavy (non-hydrogen) atoms. The third-order valence-electron chi connectivity index (χ3n) is 5.91. The standard InChI is InChI=1S/C33H42N2O10/c1-3-30(36)42-24-28(22-40-26-15-9-7-10-16-26)44-32(38)21-34-19-13-5-6-14-20-35-33(39)45-29(25-43-31(37)4-2)23-41-27-17-11-8-12-18-27/h3-4,7-12,15-18,28-29,34H,1-2,5-6,13-14,19-25H2,(H,35,39). The number of benzene rings is 2. The summed E-state index contributed by atoms with van der Waals surface area (Å²) in [6.45, 7) is 7.39. The highest BCUT2D eigenvalue weighted by Gasteiger charge is 2.19. The Bertz CT molecular complexity index is 1090. The van der Waals surface area contributed by atoms with Gasteiger partial charge in [0.2, 0.25) is 0 Å².